The van der Waals surface area contributed by atoms with Crippen molar-refractivity contribution in [1.29, 1.82) is 0 Å². The van der Waals surface area contributed by atoms with Gasteiger partial charge in [0, 0.05) is 13.0 Å². The van der Waals surface area contributed by atoms with Crippen molar-refractivity contribution in [2.45, 2.75) is 38.0 Å². The van der Waals surface area contributed by atoms with Crippen molar-refractivity contribution in [2.75, 3.05) is 20.3 Å². The Morgan fingerprint density at radius 1 is 1.27 bits per heavy atom. The third-order valence-electron chi connectivity index (χ3n) is 4.58. The number of hydrogen-bond acceptors (Lipinski definition) is 6. The topological polar surface area (TPSA) is 85.4 Å². The third-order valence-corrected chi connectivity index (χ3v) is 4.58. The van der Waals surface area contributed by atoms with Crippen LogP contribution in [0.15, 0.2) is 30.3 Å². The Hall–Kier alpha value is -2.61. The van der Waals surface area contributed by atoms with Crippen LogP contribution in [-0.4, -0.2) is 60.3 Å². The van der Waals surface area contributed by atoms with Crippen molar-refractivity contribution in [3.8, 4) is 0 Å². The summed E-state index contributed by atoms with van der Waals surface area (Å²) < 4.78 is 10.2. The normalized spacial score (nSPS) is 22.2. The molecule has 2 heterocycles. The van der Waals surface area contributed by atoms with Crippen molar-refractivity contribution < 1.29 is 28.7 Å². The van der Waals surface area contributed by atoms with Gasteiger partial charge in [-0.05, 0) is 18.4 Å². The summed E-state index contributed by atoms with van der Waals surface area (Å²) in [5.41, 5.74) is 0.871. The highest BCUT2D eigenvalue weighted by Gasteiger charge is 2.43. The SMILES string of the molecule is CON(C(=O)[C@@H]1CCCN1C(=O)OCc1ccccc1)[C@H]1CCOC1=O. The lowest BCUT2D eigenvalue weighted by Crippen LogP contribution is -2.51. The highest BCUT2D eigenvalue weighted by atomic mass is 16.7. The number of ether oxygens (including phenoxy) is 2. The first kappa shape index (κ1) is 18.2. The molecule has 0 spiro atoms. The van der Waals surface area contributed by atoms with Crippen LogP contribution in [0.2, 0.25) is 0 Å². The van der Waals surface area contributed by atoms with E-state index in [1.165, 1.54) is 12.0 Å². The molecule has 0 bridgehead atoms. The van der Waals surface area contributed by atoms with E-state index in [0.29, 0.717) is 25.8 Å². The summed E-state index contributed by atoms with van der Waals surface area (Å²) in [6.45, 7) is 0.820. The number of benzene rings is 1. The molecule has 8 nitrogen and oxygen atoms in total. The number of amides is 2. The van der Waals surface area contributed by atoms with E-state index >= 15 is 0 Å². The van der Waals surface area contributed by atoms with Gasteiger partial charge in [0.1, 0.15) is 12.6 Å². The second-order valence-corrected chi connectivity index (χ2v) is 6.21. The number of hydroxylamine groups is 2. The fourth-order valence-electron chi connectivity index (χ4n) is 3.26. The Bertz CT molecular complexity index is 665. The van der Waals surface area contributed by atoms with Crippen LogP contribution in [0.25, 0.3) is 0 Å². The minimum Gasteiger partial charge on any atom is -0.464 e. The molecular formula is C18H22N2O6. The second-order valence-electron chi connectivity index (χ2n) is 6.21. The lowest BCUT2D eigenvalue weighted by molar-refractivity contribution is -0.195. The van der Waals surface area contributed by atoms with E-state index in [2.05, 4.69) is 0 Å². The molecule has 1 aromatic rings. The van der Waals surface area contributed by atoms with Crippen molar-refractivity contribution in [3.05, 3.63) is 35.9 Å². The Morgan fingerprint density at radius 2 is 2.04 bits per heavy atom. The standard InChI is InChI=1S/C18H22N2O6/c1-24-20(15-9-11-25-17(15)22)16(21)14-8-5-10-19(14)18(23)26-12-13-6-3-2-4-7-13/h2-4,6-7,14-15H,5,8-12H2,1H3/t14-,15-/m0/s1. The van der Waals surface area contributed by atoms with E-state index in [1.807, 2.05) is 30.3 Å². The van der Waals surface area contributed by atoms with Crippen LogP contribution in [-0.2, 0) is 30.5 Å². The summed E-state index contributed by atoms with van der Waals surface area (Å²) in [7, 11) is 1.33. The van der Waals surface area contributed by atoms with E-state index < -0.39 is 30.1 Å². The van der Waals surface area contributed by atoms with Gasteiger partial charge in [0.15, 0.2) is 6.04 Å². The zero-order valence-corrected chi connectivity index (χ0v) is 14.6. The molecule has 8 heteroatoms. The Balaban J connectivity index is 1.63. The summed E-state index contributed by atoms with van der Waals surface area (Å²) in [4.78, 5) is 43.6. The van der Waals surface area contributed by atoms with E-state index in [4.69, 9.17) is 14.3 Å². The lowest BCUT2D eigenvalue weighted by atomic mass is 10.1. The van der Waals surface area contributed by atoms with Gasteiger partial charge in [-0.15, -0.1) is 0 Å². The summed E-state index contributed by atoms with van der Waals surface area (Å²) in [6, 6.07) is 7.86. The molecule has 2 saturated heterocycles. The molecule has 0 aromatic heterocycles. The van der Waals surface area contributed by atoms with Gasteiger partial charge in [-0.1, -0.05) is 30.3 Å². The summed E-state index contributed by atoms with van der Waals surface area (Å²) in [5.74, 6) is -0.915. The first-order chi connectivity index (χ1) is 12.6. The molecule has 2 fully saturated rings. The molecule has 2 aliphatic rings. The van der Waals surface area contributed by atoms with Crippen LogP contribution in [0.5, 0.6) is 0 Å². The smallest absolute Gasteiger partial charge is 0.410 e. The number of nitrogens with zero attached hydrogens (tertiary/aromatic N) is 2. The molecule has 1 aromatic carbocycles. The Labute approximate surface area is 151 Å². The Kier molecular flexibility index (Phi) is 5.72. The zero-order chi connectivity index (χ0) is 18.5. The number of carbonyl (C=O) groups excluding carboxylic acids is 3. The maximum Gasteiger partial charge on any atom is 0.410 e. The molecule has 26 heavy (non-hydrogen) atoms. The molecule has 2 aliphatic heterocycles. The van der Waals surface area contributed by atoms with Gasteiger partial charge in [-0.3, -0.25) is 14.5 Å². The van der Waals surface area contributed by atoms with E-state index in [9.17, 15) is 14.4 Å². The molecule has 0 N–H and O–H groups in total. The molecule has 0 unspecified atom stereocenters. The monoisotopic (exact) mass is 362 g/mol. The number of hydrogen-bond donors (Lipinski definition) is 0. The zero-order valence-electron chi connectivity index (χ0n) is 14.6. The summed E-state index contributed by atoms with van der Waals surface area (Å²) >= 11 is 0. The van der Waals surface area contributed by atoms with Gasteiger partial charge in [0.2, 0.25) is 0 Å². The molecule has 0 aliphatic carbocycles. The molecular weight excluding hydrogens is 340 g/mol. The minimum absolute atomic E-state index is 0.139. The van der Waals surface area contributed by atoms with Gasteiger partial charge >= 0.3 is 12.1 Å². The first-order valence-electron chi connectivity index (χ1n) is 8.63. The molecule has 2 atom stereocenters. The van der Waals surface area contributed by atoms with E-state index in [-0.39, 0.29) is 13.2 Å². The third kappa shape index (κ3) is 3.80. The van der Waals surface area contributed by atoms with E-state index in [0.717, 1.165) is 10.6 Å². The van der Waals surface area contributed by atoms with E-state index in [1.54, 1.807) is 0 Å². The number of esters is 1. The number of cyclic esters (lactones) is 1. The van der Waals surface area contributed by atoms with Gasteiger partial charge in [0.05, 0.1) is 13.7 Å². The minimum atomic E-state index is -0.768. The van der Waals surface area contributed by atoms with Crippen molar-refractivity contribution in [1.82, 2.24) is 9.96 Å². The van der Waals surface area contributed by atoms with Crippen LogP contribution in [0, 0.1) is 0 Å². The molecule has 0 radical (unpaired) electrons. The van der Waals surface area contributed by atoms with Gasteiger partial charge in [-0.25, -0.2) is 14.7 Å². The Morgan fingerprint density at radius 3 is 2.69 bits per heavy atom. The van der Waals surface area contributed by atoms with Crippen molar-refractivity contribution in [3.63, 3.8) is 0 Å². The highest BCUT2D eigenvalue weighted by Crippen LogP contribution is 2.24. The molecule has 2 amide bonds. The quantitative estimate of drug-likeness (QED) is 0.583. The van der Waals surface area contributed by atoms with Crippen LogP contribution in [0.1, 0.15) is 24.8 Å². The maximum atomic E-state index is 12.8. The maximum absolute atomic E-state index is 12.8. The van der Waals surface area contributed by atoms with Crippen LogP contribution in [0.3, 0.4) is 0 Å². The highest BCUT2D eigenvalue weighted by molar-refractivity contribution is 5.89. The molecule has 0 saturated carbocycles. The van der Waals surface area contributed by atoms with Crippen molar-refractivity contribution >= 4 is 18.0 Å². The van der Waals surface area contributed by atoms with Crippen LogP contribution >= 0.6 is 0 Å². The molecule has 140 valence electrons. The van der Waals surface area contributed by atoms with Crippen molar-refractivity contribution in [2.24, 2.45) is 0 Å². The van der Waals surface area contributed by atoms with Gasteiger partial charge in [-0.2, -0.15) is 0 Å². The average Bonchev–Trinajstić information content (AvgIpc) is 3.31. The summed E-state index contributed by atoms with van der Waals surface area (Å²) in [6.07, 6.45) is 1.02. The number of rotatable bonds is 5. The lowest BCUT2D eigenvalue weighted by Gasteiger charge is -2.30. The predicted molar refractivity (Wildman–Crippen MR) is 89.6 cm³/mol. The second kappa shape index (κ2) is 8.18. The van der Waals surface area contributed by atoms with Crippen LogP contribution in [0.4, 0.5) is 4.79 Å². The molecule has 3 rings (SSSR count). The number of carbonyl (C=O) groups is 3. The van der Waals surface area contributed by atoms with Gasteiger partial charge in [0.25, 0.3) is 5.91 Å². The fraction of sp³-hybridized carbons (Fsp3) is 0.500. The largest absolute Gasteiger partial charge is 0.464 e. The number of likely N-dealkylation sites (tertiary alicyclic amines) is 1. The average molecular weight is 362 g/mol. The first-order valence-corrected chi connectivity index (χ1v) is 8.63. The van der Waals surface area contributed by atoms with Crippen LogP contribution < -0.4 is 0 Å². The predicted octanol–water partition coefficient (Wildman–Crippen LogP) is 1.49. The summed E-state index contributed by atoms with van der Waals surface area (Å²) in [5, 5.41) is 1.03. The fourth-order valence-corrected chi connectivity index (χ4v) is 3.26. The van der Waals surface area contributed by atoms with Gasteiger partial charge < -0.3 is 9.47 Å².